The standard InChI is InChI=1S/C28H30N2O6S2/c1-36-21(31)14-8-13-19-22-23(32)27(16-38-22,30-26(34)18-11-6-3-7-12-18)28(35)20(15-37-24(19)28)29-25(33)17-9-4-2-5-10-17/h2-7,9-12,19-20,22,24,35H,8,13-16H2,1H3,(H,29,33)(H,30,34)/t19-,20-,22-,24-,27-,28+/m1/s1. The fourth-order valence-corrected chi connectivity index (χ4v) is 9.72. The van der Waals surface area contributed by atoms with Gasteiger partial charge < -0.3 is 20.5 Å². The number of methoxy groups -OCH3 is 1. The predicted molar refractivity (Wildman–Crippen MR) is 146 cm³/mol. The summed E-state index contributed by atoms with van der Waals surface area (Å²) >= 11 is 2.95. The number of benzene rings is 2. The van der Waals surface area contributed by atoms with Gasteiger partial charge in [0.15, 0.2) is 5.78 Å². The van der Waals surface area contributed by atoms with Crippen LogP contribution in [0.5, 0.6) is 0 Å². The molecule has 2 heterocycles. The Morgan fingerprint density at radius 1 is 1.00 bits per heavy atom. The molecule has 3 aliphatic rings. The van der Waals surface area contributed by atoms with E-state index >= 15 is 0 Å². The number of ether oxygens (including phenoxy) is 1. The molecule has 1 aliphatic carbocycles. The molecule has 0 spiro atoms. The molecule has 8 nitrogen and oxygen atoms in total. The van der Waals surface area contributed by atoms with E-state index < -0.39 is 33.6 Å². The second-order valence-corrected chi connectivity index (χ2v) is 12.2. The number of thioether (sulfide) groups is 2. The average molecular weight is 555 g/mol. The second-order valence-electron chi connectivity index (χ2n) is 9.92. The van der Waals surface area contributed by atoms with Gasteiger partial charge in [0.1, 0.15) is 11.1 Å². The van der Waals surface area contributed by atoms with Crippen LogP contribution in [0.4, 0.5) is 0 Å². The molecule has 5 rings (SSSR count). The van der Waals surface area contributed by atoms with Crippen molar-refractivity contribution in [2.45, 2.75) is 46.9 Å². The molecule has 2 amide bonds. The highest BCUT2D eigenvalue weighted by Gasteiger charge is 2.75. The Bertz CT molecular complexity index is 1230. The first kappa shape index (κ1) is 26.8. The van der Waals surface area contributed by atoms with Crippen LogP contribution in [0.15, 0.2) is 60.7 Å². The predicted octanol–water partition coefficient (Wildman–Crippen LogP) is 2.46. The number of nitrogens with one attached hydrogen (secondary N) is 2. The molecule has 0 radical (unpaired) electrons. The van der Waals surface area contributed by atoms with E-state index in [1.807, 2.05) is 6.07 Å². The summed E-state index contributed by atoms with van der Waals surface area (Å²) in [5.74, 6) is -0.976. The molecule has 38 heavy (non-hydrogen) atoms. The van der Waals surface area contributed by atoms with Crippen molar-refractivity contribution in [3.63, 3.8) is 0 Å². The minimum absolute atomic E-state index is 0.202. The minimum atomic E-state index is -1.72. The molecule has 3 fully saturated rings. The summed E-state index contributed by atoms with van der Waals surface area (Å²) in [6.45, 7) is 0. The van der Waals surface area contributed by atoms with E-state index in [0.717, 1.165) is 0 Å². The highest BCUT2D eigenvalue weighted by Crippen LogP contribution is 2.59. The number of fused-ring (bicyclic) bond motifs is 4. The largest absolute Gasteiger partial charge is 0.469 e. The van der Waals surface area contributed by atoms with Crippen molar-refractivity contribution < 1.29 is 29.0 Å². The molecule has 2 saturated heterocycles. The molecule has 200 valence electrons. The van der Waals surface area contributed by atoms with Gasteiger partial charge in [0, 0.05) is 34.3 Å². The first-order chi connectivity index (χ1) is 18.3. The van der Waals surface area contributed by atoms with E-state index in [0.29, 0.717) is 29.7 Å². The number of amides is 2. The molecule has 6 atom stereocenters. The number of hydrogen-bond acceptors (Lipinski definition) is 8. The van der Waals surface area contributed by atoms with E-state index in [-0.39, 0.29) is 35.8 Å². The first-order valence-electron chi connectivity index (χ1n) is 12.6. The SMILES string of the molecule is COC(=O)CCC[C@H]1[C@H]2SC[C@@H](NC(=O)c3ccccc3)[C@@]2(O)[C@@]2(NC(=O)c3ccccc3)CS[C@H]1C2=O. The van der Waals surface area contributed by atoms with Gasteiger partial charge in [0.2, 0.25) is 0 Å². The summed E-state index contributed by atoms with van der Waals surface area (Å²) in [6, 6.07) is 16.5. The Morgan fingerprint density at radius 3 is 2.26 bits per heavy atom. The zero-order valence-corrected chi connectivity index (χ0v) is 22.6. The van der Waals surface area contributed by atoms with Crippen LogP contribution < -0.4 is 10.6 Å². The lowest BCUT2D eigenvalue weighted by atomic mass is 9.61. The lowest BCUT2D eigenvalue weighted by molar-refractivity contribution is -0.145. The van der Waals surface area contributed by atoms with Gasteiger partial charge in [-0.1, -0.05) is 36.4 Å². The summed E-state index contributed by atoms with van der Waals surface area (Å²) in [4.78, 5) is 52.3. The Labute approximate surface area is 229 Å². The van der Waals surface area contributed by atoms with Crippen LogP contribution in [0.3, 0.4) is 0 Å². The van der Waals surface area contributed by atoms with Crippen LogP contribution in [-0.4, -0.2) is 75.0 Å². The quantitative estimate of drug-likeness (QED) is 0.426. The van der Waals surface area contributed by atoms with Crippen molar-refractivity contribution in [2.24, 2.45) is 5.92 Å². The third-order valence-corrected chi connectivity index (χ3v) is 11.0. The minimum Gasteiger partial charge on any atom is -0.469 e. The summed E-state index contributed by atoms with van der Waals surface area (Å²) in [7, 11) is 1.34. The topological polar surface area (TPSA) is 122 Å². The number of carbonyl (C=O) groups is 4. The zero-order valence-electron chi connectivity index (χ0n) is 20.9. The van der Waals surface area contributed by atoms with Crippen LogP contribution in [-0.2, 0) is 14.3 Å². The lowest BCUT2D eigenvalue weighted by Crippen LogP contribution is -2.80. The number of ketones is 1. The van der Waals surface area contributed by atoms with Crippen molar-refractivity contribution in [3.05, 3.63) is 71.8 Å². The summed E-state index contributed by atoms with van der Waals surface area (Å²) in [6.07, 6.45) is 1.28. The third-order valence-electron chi connectivity index (χ3n) is 7.88. The van der Waals surface area contributed by atoms with Gasteiger partial charge in [-0.2, -0.15) is 11.8 Å². The number of hydrogen-bond donors (Lipinski definition) is 3. The van der Waals surface area contributed by atoms with Crippen LogP contribution in [0.1, 0.15) is 40.0 Å². The molecule has 2 aromatic rings. The highest BCUT2D eigenvalue weighted by molar-refractivity contribution is 8.02. The van der Waals surface area contributed by atoms with Crippen molar-refractivity contribution >= 4 is 47.1 Å². The number of aliphatic hydroxyl groups is 1. The first-order valence-corrected chi connectivity index (χ1v) is 14.7. The lowest BCUT2D eigenvalue weighted by Gasteiger charge is -2.52. The number of Topliss-reactive ketones (excluding diaryl/α,β-unsaturated/α-hetero) is 1. The van der Waals surface area contributed by atoms with Crippen molar-refractivity contribution in [3.8, 4) is 0 Å². The highest BCUT2D eigenvalue weighted by atomic mass is 32.2. The monoisotopic (exact) mass is 554 g/mol. The van der Waals surface area contributed by atoms with Crippen molar-refractivity contribution in [2.75, 3.05) is 18.6 Å². The molecular weight excluding hydrogens is 524 g/mol. The molecule has 2 bridgehead atoms. The Hall–Kier alpha value is -2.82. The Morgan fingerprint density at radius 2 is 1.63 bits per heavy atom. The third kappa shape index (κ3) is 4.42. The van der Waals surface area contributed by atoms with Crippen LogP contribution in [0.2, 0.25) is 0 Å². The zero-order chi connectivity index (χ0) is 26.9. The molecule has 1 saturated carbocycles. The number of rotatable bonds is 8. The second kappa shape index (κ2) is 10.7. The molecular formula is C28H30N2O6S2. The summed E-state index contributed by atoms with van der Waals surface area (Å²) in [5.41, 5.74) is -2.45. The molecule has 0 unspecified atom stereocenters. The fourth-order valence-electron chi connectivity index (χ4n) is 5.96. The number of carbonyl (C=O) groups excluding carboxylic acids is 4. The van der Waals surface area contributed by atoms with Crippen LogP contribution in [0, 0.1) is 5.92 Å². The van der Waals surface area contributed by atoms with Crippen molar-refractivity contribution in [1.82, 2.24) is 10.6 Å². The van der Waals surface area contributed by atoms with E-state index in [9.17, 15) is 24.3 Å². The van der Waals surface area contributed by atoms with Gasteiger partial charge in [-0.15, -0.1) is 11.8 Å². The van der Waals surface area contributed by atoms with Crippen LogP contribution >= 0.6 is 23.5 Å². The number of esters is 1. The summed E-state index contributed by atoms with van der Waals surface area (Å²) in [5, 5.41) is 17.7. The van der Waals surface area contributed by atoms with Gasteiger partial charge >= 0.3 is 5.97 Å². The van der Waals surface area contributed by atoms with Gasteiger partial charge in [0.25, 0.3) is 11.8 Å². The van der Waals surface area contributed by atoms with Gasteiger partial charge in [-0.05, 0) is 43.0 Å². The maximum Gasteiger partial charge on any atom is 0.305 e. The van der Waals surface area contributed by atoms with Gasteiger partial charge in [0.05, 0.1) is 18.4 Å². The van der Waals surface area contributed by atoms with E-state index in [2.05, 4.69) is 10.6 Å². The van der Waals surface area contributed by atoms with Crippen molar-refractivity contribution in [1.29, 1.82) is 0 Å². The molecule has 2 aromatic carbocycles. The van der Waals surface area contributed by atoms with Crippen LogP contribution in [0.25, 0.3) is 0 Å². The summed E-state index contributed by atoms with van der Waals surface area (Å²) < 4.78 is 4.77. The average Bonchev–Trinajstić information content (AvgIpc) is 3.42. The maximum atomic E-state index is 14.1. The van der Waals surface area contributed by atoms with E-state index in [4.69, 9.17) is 4.74 Å². The fraction of sp³-hybridized carbons (Fsp3) is 0.429. The molecule has 2 aliphatic heterocycles. The normalized spacial score (nSPS) is 31.4. The van der Waals surface area contributed by atoms with E-state index in [1.165, 1.54) is 30.6 Å². The smallest absolute Gasteiger partial charge is 0.305 e. The molecule has 10 heteroatoms. The molecule has 0 aromatic heterocycles. The maximum absolute atomic E-state index is 14.1. The Kier molecular flexibility index (Phi) is 7.57. The Balaban J connectivity index is 1.49. The van der Waals surface area contributed by atoms with Gasteiger partial charge in [-0.3, -0.25) is 19.2 Å². The van der Waals surface area contributed by atoms with E-state index in [1.54, 1.807) is 54.6 Å². The van der Waals surface area contributed by atoms with Gasteiger partial charge in [-0.25, -0.2) is 0 Å². The molecule has 3 N–H and O–H groups in total.